The quantitative estimate of drug-likeness (QED) is 0.639. The van der Waals surface area contributed by atoms with Crippen LogP contribution in [-0.4, -0.2) is 44.3 Å². The molecule has 1 aliphatic rings. The molecular weight excluding hydrogens is 352 g/mol. The van der Waals surface area contributed by atoms with E-state index in [2.05, 4.69) is 10.2 Å². The molecule has 136 valence electrons. The van der Waals surface area contributed by atoms with E-state index in [-0.39, 0.29) is 12.2 Å². The molecule has 0 aliphatic carbocycles. The molecular formula is C17H14N6O4. The number of ketones is 1. The predicted molar refractivity (Wildman–Crippen MR) is 93.0 cm³/mol. The molecule has 1 aromatic heterocycles. The van der Waals surface area contributed by atoms with Crippen molar-refractivity contribution in [2.24, 2.45) is 12.1 Å². The van der Waals surface area contributed by atoms with Crippen LogP contribution in [0, 0.1) is 11.3 Å². The van der Waals surface area contributed by atoms with Gasteiger partial charge in [-0.1, -0.05) is 18.2 Å². The molecule has 0 fully saturated rings. The zero-order valence-electron chi connectivity index (χ0n) is 14.5. The summed E-state index contributed by atoms with van der Waals surface area (Å²) in [6, 6.07) is 8.54. The Hall–Kier alpha value is -3.87. The molecule has 1 amide bonds. The van der Waals surface area contributed by atoms with E-state index in [9.17, 15) is 24.4 Å². The number of aromatic nitrogens is 3. The van der Waals surface area contributed by atoms with E-state index in [1.165, 1.54) is 14.1 Å². The highest BCUT2D eigenvalue weighted by Crippen LogP contribution is 2.14. The molecule has 2 heterocycles. The van der Waals surface area contributed by atoms with Gasteiger partial charge in [0.1, 0.15) is 11.6 Å². The molecule has 1 atom stereocenters. The van der Waals surface area contributed by atoms with E-state index < -0.39 is 28.9 Å². The highest BCUT2D eigenvalue weighted by molar-refractivity contribution is 6.42. The number of Topliss-reactive ketones (excluding diaryl/α,β-unsaturated/α-hetero) is 1. The Morgan fingerprint density at radius 1 is 1.15 bits per heavy atom. The molecule has 0 spiro atoms. The average Bonchev–Trinajstić information content (AvgIpc) is 2.67. The predicted octanol–water partition coefficient (Wildman–Crippen LogP) is -1.03. The van der Waals surface area contributed by atoms with Gasteiger partial charge in [0.2, 0.25) is 5.78 Å². The highest BCUT2D eigenvalue weighted by atomic mass is 16.2. The maximum atomic E-state index is 12.8. The molecule has 0 radical (unpaired) electrons. The van der Waals surface area contributed by atoms with Crippen LogP contribution < -0.4 is 11.2 Å². The number of nitriles is 1. The Balaban J connectivity index is 2.15. The lowest BCUT2D eigenvalue weighted by Crippen LogP contribution is -2.47. The third-order valence-corrected chi connectivity index (χ3v) is 4.17. The van der Waals surface area contributed by atoms with Crippen molar-refractivity contribution in [3.05, 3.63) is 61.9 Å². The number of hydrogen-bond acceptors (Lipinski definition) is 7. The zero-order chi connectivity index (χ0) is 19.7. The van der Waals surface area contributed by atoms with Gasteiger partial charge in [-0.2, -0.15) is 15.5 Å². The second kappa shape index (κ2) is 6.80. The molecule has 10 heteroatoms. The highest BCUT2D eigenvalue weighted by Gasteiger charge is 2.35. The number of rotatable bonds is 3. The van der Waals surface area contributed by atoms with Crippen molar-refractivity contribution < 1.29 is 9.59 Å². The molecule has 1 aromatic carbocycles. The second-order valence-corrected chi connectivity index (χ2v) is 5.89. The first kappa shape index (κ1) is 17.9. The van der Waals surface area contributed by atoms with Crippen molar-refractivity contribution in [2.45, 2.75) is 12.5 Å². The Kier molecular flexibility index (Phi) is 4.51. The molecule has 0 N–H and O–H groups in total. The van der Waals surface area contributed by atoms with E-state index in [1.807, 2.05) is 6.07 Å². The van der Waals surface area contributed by atoms with Crippen LogP contribution in [0.1, 0.15) is 22.7 Å². The number of carbonyl (C=O) groups excluding carboxylic acids is 2. The Morgan fingerprint density at radius 3 is 2.56 bits per heavy atom. The van der Waals surface area contributed by atoms with Crippen LogP contribution in [0.15, 0.2) is 39.0 Å². The van der Waals surface area contributed by atoms with E-state index in [4.69, 9.17) is 0 Å². The third kappa shape index (κ3) is 3.06. The molecule has 1 aliphatic heterocycles. The van der Waals surface area contributed by atoms with Crippen LogP contribution in [-0.2, 0) is 23.2 Å². The molecule has 2 aromatic rings. The zero-order valence-corrected chi connectivity index (χ0v) is 14.5. The maximum absolute atomic E-state index is 12.8. The smallest absolute Gasteiger partial charge is 0.287 e. The lowest BCUT2D eigenvalue weighted by Gasteiger charge is -2.20. The summed E-state index contributed by atoms with van der Waals surface area (Å²) < 4.78 is 1.79. The summed E-state index contributed by atoms with van der Waals surface area (Å²) in [6.45, 7) is -0.170. The fraction of sp³-hybridized carbons (Fsp3) is 0.235. The average molecular weight is 366 g/mol. The Morgan fingerprint density at radius 2 is 1.85 bits per heavy atom. The van der Waals surface area contributed by atoms with Gasteiger partial charge in [0.25, 0.3) is 5.56 Å². The van der Waals surface area contributed by atoms with Crippen molar-refractivity contribution in [3.63, 3.8) is 0 Å². The van der Waals surface area contributed by atoms with Gasteiger partial charge in [-0.3, -0.25) is 19.0 Å². The Bertz CT molecular complexity index is 1140. The molecule has 3 rings (SSSR count). The number of nitrogens with zero attached hydrogens (tertiary/aromatic N) is 6. The Labute approximate surface area is 152 Å². The summed E-state index contributed by atoms with van der Waals surface area (Å²) in [5, 5.41) is 17.7. The van der Waals surface area contributed by atoms with Gasteiger partial charge in [-0.15, -0.1) is 0 Å². The summed E-state index contributed by atoms with van der Waals surface area (Å²) in [5.41, 5.74) is -1.01. The van der Waals surface area contributed by atoms with Crippen LogP contribution in [0.4, 0.5) is 0 Å². The monoisotopic (exact) mass is 366 g/mol. The number of benzene rings is 1. The van der Waals surface area contributed by atoms with Crippen molar-refractivity contribution >= 4 is 17.9 Å². The first-order valence-corrected chi connectivity index (χ1v) is 7.87. The van der Waals surface area contributed by atoms with E-state index in [1.54, 1.807) is 24.3 Å². The van der Waals surface area contributed by atoms with Crippen LogP contribution >= 0.6 is 0 Å². The summed E-state index contributed by atoms with van der Waals surface area (Å²) in [6.07, 6.45) is 1.14. The maximum Gasteiger partial charge on any atom is 0.347 e. The SMILES string of the molecule is CN1N=CC(c2nn(C)c(=O)n(Cc3ccccc3C#N)c2=O)C(=O)C1=O. The first-order valence-electron chi connectivity index (χ1n) is 7.87. The fourth-order valence-corrected chi connectivity index (χ4v) is 2.69. The van der Waals surface area contributed by atoms with Gasteiger partial charge in [-0.25, -0.2) is 14.5 Å². The van der Waals surface area contributed by atoms with Gasteiger partial charge in [0.15, 0.2) is 0 Å². The number of likely N-dealkylation sites (N-methyl/N-ethyl adjacent to an activating group) is 1. The molecule has 0 saturated heterocycles. The molecule has 1 unspecified atom stereocenters. The minimum atomic E-state index is -1.27. The molecule has 0 bridgehead atoms. The molecule has 10 nitrogen and oxygen atoms in total. The number of hydrogen-bond donors (Lipinski definition) is 0. The lowest BCUT2D eigenvalue weighted by atomic mass is 10.00. The van der Waals surface area contributed by atoms with Gasteiger partial charge in [-0.05, 0) is 11.6 Å². The second-order valence-electron chi connectivity index (χ2n) is 5.89. The van der Waals surface area contributed by atoms with E-state index in [0.717, 1.165) is 20.5 Å². The van der Waals surface area contributed by atoms with Gasteiger partial charge in [0.05, 0.1) is 18.2 Å². The van der Waals surface area contributed by atoms with Crippen LogP contribution in [0.5, 0.6) is 0 Å². The number of amides is 1. The topological polar surface area (TPSA) is 130 Å². The normalized spacial score (nSPS) is 16.5. The summed E-state index contributed by atoms with van der Waals surface area (Å²) >= 11 is 0. The van der Waals surface area contributed by atoms with Crippen LogP contribution in [0.3, 0.4) is 0 Å². The minimum Gasteiger partial charge on any atom is -0.287 e. The summed E-state index contributed by atoms with van der Waals surface area (Å²) in [4.78, 5) is 49.4. The van der Waals surface area contributed by atoms with Crippen molar-refractivity contribution in [1.29, 1.82) is 5.26 Å². The van der Waals surface area contributed by atoms with Gasteiger partial charge < -0.3 is 0 Å². The van der Waals surface area contributed by atoms with Gasteiger partial charge >= 0.3 is 11.6 Å². The molecule has 0 saturated carbocycles. The lowest BCUT2D eigenvalue weighted by molar-refractivity contribution is -0.144. The number of hydrazone groups is 1. The first-order chi connectivity index (χ1) is 12.8. The van der Waals surface area contributed by atoms with Crippen molar-refractivity contribution in [3.8, 4) is 6.07 Å². The fourth-order valence-electron chi connectivity index (χ4n) is 2.69. The van der Waals surface area contributed by atoms with Gasteiger partial charge in [0, 0.05) is 20.3 Å². The van der Waals surface area contributed by atoms with E-state index in [0.29, 0.717) is 11.1 Å². The van der Waals surface area contributed by atoms with Crippen LogP contribution in [0.25, 0.3) is 0 Å². The van der Waals surface area contributed by atoms with E-state index >= 15 is 0 Å². The standard InChI is InChI=1S/C17H14N6O4/c1-21-16(26)14(24)12(8-19-21)13-15(25)23(17(27)22(2)20-13)9-11-6-4-3-5-10(11)7-18/h3-6,8,12H,9H2,1-2H3. The number of carbonyl (C=O) groups is 2. The molecule has 27 heavy (non-hydrogen) atoms. The largest absolute Gasteiger partial charge is 0.347 e. The summed E-state index contributed by atoms with van der Waals surface area (Å²) in [5.74, 6) is -3.01. The third-order valence-electron chi connectivity index (χ3n) is 4.17. The number of aryl methyl sites for hydroxylation is 1. The van der Waals surface area contributed by atoms with Crippen molar-refractivity contribution in [2.75, 3.05) is 7.05 Å². The summed E-state index contributed by atoms with van der Waals surface area (Å²) in [7, 11) is 2.65. The van der Waals surface area contributed by atoms with Crippen molar-refractivity contribution in [1.82, 2.24) is 19.4 Å². The minimum absolute atomic E-state index is 0.170. The van der Waals surface area contributed by atoms with Crippen LogP contribution in [0.2, 0.25) is 0 Å².